The molecule has 0 radical (unpaired) electrons. The Balaban J connectivity index is 1.17. The molecule has 1 N–H and O–H groups in total. The van der Waals surface area contributed by atoms with Crippen LogP contribution in [0.1, 0.15) is 41.6 Å². The number of ether oxygens (including phenoxy) is 2. The average molecular weight is 472 g/mol. The van der Waals surface area contributed by atoms with E-state index in [0.717, 1.165) is 55.9 Å². The van der Waals surface area contributed by atoms with Crippen molar-refractivity contribution in [3.63, 3.8) is 0 Å². The maximum absolute atomic E-state index is 12.5. The number of pyridine rings is 1. The van der Waals surface area contributed by atoms with Crippen molar-refractivity contribution in [2.75, 3.05) is 37.8 Å². The van der Waals surface area contributed by atoms with E-state index in [0.29, 0.717) is 23.1 Å². The van der Waals surface area contributed by atoms with Crippen molar-refractivity contribution in [3.05, 3.63) is 52.7 Å². The van der Waals surface area contributed by atoms with Crippen LogP contribution in [0.3, 0.4) is 0 Å². The summed E-state index contributed by atoms with van der Waals surface area (Å²) in [6, 6.07) is 8.75. The standard InChI is InChI=1S/C25H30ClN3O4/c1-17-13-20(5-6-21(17)25(31)28-22-15-32-16-23(22)30)33-12-2-3-18-8-10-29(11-9-18)24-7-4-19(26)14-27-24/h4-7,13-14,18,22H,2-3,8-12,15-16H2,1H3,(H,28,31)/t22-/m0/s1. The number of nitrogens with zero attached hydrogens (tertiary/aromatic N) is 2. The van der Waals surface area contributed by atoms with Crippen molar-refractivity contribution < 1.29 is 19.1 Å². The number of piperidine rings is 1. The quantitative estimate of drug-likeness (QED) is 0.589. The summed E-state index contributed by atoms with van der Waals surface area (Å²) < 4.78 is 11.0. The van der Waals surface area contributed by atoms with Crippen molar-refractivity contribution >= 4 is 29.1 Å². The van der Waals surface area contributed by atoms with Gasteiger partial charge in [0.05, 0.1) is 18.2 Å². The van der Waals surface area contributed by atoms with Crippen LogP contribution < -0.4 is 15.0 Å². The number of ketones is 1. The first-order valence-electron chi connectivity index (χ1n) is 11.5. The zero-order chi connectivity index (χ0) is 23.2. The molecule has 33 heavy (non-hydrogen) atoms. The van der Waals surface area contributed by atoms with Gasteiger partial charge < -0.3 is 19.7 Å². The molecule has 2 aromatic rings. The number of rotatable bonds is 8. The third-order valence-corrected chi connectivity index (χ3v) is 6.56. The highest BCUT2D eigenvalue weighted by atomic mass is 35.5. The number of carbonyl (C=O) groups is 2. The van der Waals surface area contributed by atoms with Crippen molar-refractivity contribution in [3.8, 4) is 5.75 Å². The average Bonchev–Trinajstić information content (AvgIpc) is 3.22. The molecule has 4 rings (SSSR count). The van der Waals surface area contributed by atoms with E-state index in [1.165, 1.54) is 0 Å². The summed E-state index contributed by atoms with van der Waals surface area (Å²) in [7, 11) is 0. The topological polar surface area (TPSA) is 80.8 Å². The maximum Gasteiger partial charge on any atom is 0.252 e. The Kier molecular flexibility index (Phi) is 7.83. The van der Waals surface area contributed by atoms with Gasteiger partial charge >= 0.3 is 0 Å². The summed E-state index contributed by atoms with van der Waals surface area (Å²) in [5.41, 5.74) is 1.36. The Bertz CT molecular complexity index is 974. The number of halogens is 1. The molecule has 0 unspecified atom stereocenters. The Morgan fingerprint density at radius 3 is 2.76 bits per heavy atom. The lowest BCUT2D eigenvalue weighted by molar-refractivity contribution is -0.119. The van der Waals surface area contributed by atoms with Crippen LogP contribution in [0.25, 0.3) is 0 Å². The fourth-order valence-corrected chi connectivity index (χ4v) is 4.49. The molecule has 3 heterocycles. The van der Waals surface area contributed by atoms with Crippen LogP contribution in [0.4, 0.5) is 5.82 Å². The van der Waals surface area contributed by atoms with Gasteiger partial charge in [-0.15, -0.1) is 0 Å². The lowest BCUT2D eigenvalue weighted by atomic mass is 9.92. The molecule has 1 aromatic carbocycles. The minimum absolute atomic E-state index is 0.0649. The second-order valence-electron chi connectivity index (χ2n) is 8.74. The van der Waals surface area contributed by atoms with E-state index in [-0.39, 0.29) is 24.9 Å². The maximum atomic E-state index is 12.5. The molecule has 2 fully saturated rings. The van der Waals surface area contributed by atoms with Gasteiger partial charge in [0.15, 0.2) is 5.78 Å². The number of nitrogens with one attached hydrogen (secondary N) is 1. The first-order chi connectivity index (χ1) is 16.0. The van der Waals surface area contributed by atoms with Crippen LogP contribution in [-0.4, -0.2) is 55.6 Å². The highest BCUT2D eigenvalue weighted by Crippen LogP contribution is 2.26. The van der Waals surface area contributed by atoms with E-state index in [4.69, 9.17) is 21.1 Å². The highest BCUT2D eigenvalue weighted by molar-refractivity contribution is 6.30. The third-order valence-electron chi connectivity index (χ3n) is 6.34. The SMILES string of the molecule is Cc1cc(OCCCC2CCN(c3ccc(Cl)cn3)CC2)ccc1C(=O)N[C@H]1COCC1=O. The van der Waals surface area contributed by atoms with E-state index in [2.05, 4.69) is 15.2 Å². The number of carbonyl (C=O) groups excluding carboxylic acids is 2. The molecule has 2 aliphatic rings. The van der Waals surface area contributed by atoms with E-state index >= 15 is 0 Å². The largest absolute Gasteiger partial charge is 0.494 e. The fraction of sp³-hybridized carbons (Fsp3) is 0.480. The van der Waals surface area contributed by atoms with Crippen LogP contribution in [0.15, 0.2) is 36.5 Å². The van der Waals surface area contributed by atoms with Gasteiger partial charge in [-0.3, -0.25) is 9.59 Å². The van der Waals surface area contributed by atoms with Gasteiger partial charge in [-0.05, 0) is 74.4 Å². The molecule has 7 nitrogen and oxygen atoms in total. The first-order valence-corrected chi connectivity index (χ1v) is 11.9. The Hall–Kier alpha value is -2.64. The smallest absolute Gasteiger partial charge is 0.252 e. The highest BCUT2D eigenvalue weighted by Gasteiger charge is 2.27. The fourth-order valence-electron chi connectivity index (χ4n) is 4.38. The summed E-state index contributed by atoms with van der Waals surface area (Å²) in [6.45, 7) is 4.86. The normalized spacial score (nSPS) is 19.0. The zero-order valence-electron chi connectivity index (χ0n) is 18.9. The molecule has 2 aliphatic heterocycles. The molecule has 0 bridgehead atoms. The van der Waals surface area contributed by atoms with E-state index in [1.807, 2.05) is 31.2 Å². The van der Waals surface area contributed by atoms with Crippen molar-refractivity contribution in [1.82, 2.24) is 10.3 Å². The Morgan fingerprint density at radius 1 is 1.27 bits per heavy atom. The van der Waals surface area contributed by atoms with Gasteiger partial charge in [0.25, 0.3) is 5.91 Å². The van der Waals surface area contributed by atoms with Gasteiger partial charge in [-0.1, -0.05) is 11.6 Å². The molecule has 1 atom stereocenters. The predicted octanol–water partition coefficient (Wildman–Crippen LogP) is 3.82. The number of amides is 1. The minimum atomic E-state index is -0.554. The molecule has 176 valence electrons. The zero-order valence-corrected chi connectivity index (χ0v) is 19.6. The summed E-state index contributed by atoms with van der Waals surface area (Å²) in [4.78, 5) is 30.9. The first kappa shape index (κ1) is 23.5. The third kappa shape index (κ3) is 6.24. The predicted molar refractivity (Wildman–Crippen MR) is 127 cm³/mol. The molecule has 0 aliphatic carbocycles. The van der Waals surface area contributed by atoms with E-state index in [9.17, 15) is 9.59 Å². The number of anilines is 1. The minimum Gasteiger partial charge on any atom is -0.494 e. The number of aryl methyl sites for hydroxylation is 1. The molecular formula is C25H30ClN3O4. The van der Waals surface area contributed by atoms with Crippen LogP contribution in [-0.2, 0) is 9.53 Å². The van der Waals surface area contributed by atoms with Gasteiger partial charge in [-0.25, -0.2) is 4.98 Å². The van der Waals surface area contributed by atoms with Crippen LogP contribution >= 0.6 is 11.6 Å². The summed E-state index contributed by atoms with van der Waals surface area (Å²) in [5, 5.41) is 3.41. The Morgan fingerprint density at radius 2 is 2.09 bits per heavy atom. The summed E-state index contributed by atoms with van der Waals surface area (Å²) in [5.74, 6) is 2.10. The molecule has 2 saturated heterocycles. The molecule has 1 amide bonds. The molecule has 0 spiro atoms. The van der Waals surface area contributed by atoms with Crippen LogP contribution in [0.5, 0.6) is 5.75 Å². The van der Waals surface area contributed by atoms with Crippen molar-refractivity contribution in [2.24, 2.45) is 5.92 Å². The number of hydrogen-bond acceptors (Lipinski definition) is 6. The van der Waals surface area contributed by atoms with E-state index in [1.54, 1.807) is 12.3 Å². The van der Waals surface area contributed by atoms with Gasteiger partial charge in [0, 0.05) is 24.8 Å². The van der Waals surface area contributed by atoms with Crippen LogP contribution in [0, 0.1) is 12.8 Å². The van der Waals surface area contributed by atoms with E-state index < -0.39 is 6.04 Å². The van der Waals surface area contributed by atoms with Gasteiger partial charge in [0.2, 0.25) is 0 Å². The second kappa shape index (κ2) is 11.0. The monoisotopic (exact) mass is 471 g/mol. The van der Waals surface area contributed by atoms with Crippen molar-refractivity contribution in [1.29, 1.82) is 0 Å². The molecular weight excluding hydrogens is 442 g/mol. The summed E-state index contributed by atoms with van der Waals surface area (Å²) in [6.07, 6.45) is 6.14. The summed E-state index contributed by atoms with van der Waals surface area (Å²) >= 11 is 5.93. The molecule has 8 heteroatoms. The molecule has 0 saturated carbocycles. The number of Topliss-reactive ketones (excluding diaryl/α,β-unsaturated/α-hetero) is 1. The lowest BCUT2D eigenvalue weighted by Crippen LogP contribution is -2.40. The number of aromatic nitrogens is 1. The van der Waals surface area contributed by atoms with Crippen molar-refractivity contribution in [2.45, 2.75) is 38.6 Å². The van der Waals surface area contributed by atoms with Gasteiger partial charge in [-0.2, -0.15) is 0 Å². The number of hydrogen-bond donors (Lipinski definition) is 1. The molecule has 1 aromatic heterocycles. The number of benzene rings is 1. The second-order valence-corrected chi connectivity index (χ2v) is 9.18. The van der Waals surface area contributed by atoms with Crippen LogP contribution in [0.2, 0.25) is 5.02 Å². The Labute approximate surface area is 199 Å². The van der Waals surface area contributed by atoms with Gasteiger partial charge in [0.1, 0.15) is 24.2 Å². The lowest BCUT2D eigenvalue weighted by Gasteiger charge is -2.32.